The zero-order valence-electron chi connectivity index (χ0n) is 11.6. The second-order valence-corrected chi connectivity index (χ2v) is 5.05. The Morgan fingerprint density at radius 3 is 2.42 bits per heavy atom. The molecule has 5 nitrogen and oxygen atoms in total. The van der Waals surface area contributed by atoms with Gasteiger partial charge < -0.3 is 10.2 Å². The summed E-state index contributed by atoms with van der Waals surface area (Å²) in [6.07, 6.45) is 6.79. The van der Waals surface area contributed by atoms with Crippen LogP contribution in [0.2, 0.25) is 0 Å². The van der Waals surface area contributed by atoms with E-state index in [0.29, 0.717) is 18.7 Å². The van der Waals surface area contributed by atoms with E-state index < -0.39 is 0 Å². The Kier molecular flexibility index (Phi) is 6.25. The molecule has 0 aromatic carbocycles. The average molecular weight is 266 g/mol. The Labute approximate surface area is 114 Å². The molecule has 0 bridgehead atoms. The molecule has 0 unspecified atom stereocenters. The molecule has 5 heteroatoms. The van der Waals surface area contributed by atoms with Crippen molar-refractivity contribution in [3.63, 3.8) is 0 Å². The van der Waals surface area contributed by atoms with Crippen LogP contribution >= 0.6 is 0 Å². The smallest absolute Gasteiger partial charge is 0.246 e. The maximum atomic E-state index is 11.6. The minimum Gasteiger partial charge on any atom is -0.359 e. The van der Waals surface area contributed by atoms with E-state index in [9.17, 15) is 14.4 Å². The molecule has 106 valence electrons. The number of amides is 2. The molecule has 1 N–H and O–H groups in total. The Bertz CT molecular complexity index is 358. The van der Waals surface area contributed by atoms with Gasteiger partial charge in [0.25, 0.3) is 0 Å². The molecular formula is C14H22N2O3. The third kappa shape index (κ3) is 4.85. The average Bonchev–Trinajstić information content (AvgIpc) is 2.44. The predicted octanol–water partition coefficient (Wildman–Crippen LogP) is 0.752. The maximum absolute atomic E-state index is 11.6. The van der Waals surface area contributed by atoms with Gasteiger partial charge in [-0.15, -0.1) is 0 Å². The zero-order valence-corrected chi connectivity index (χ0v) is 11.6. The van der Waals surface area contributed by atoms with Gasteiger partial charge in [-0.2, -0.15) is 0 Å². The first-order valence-corrected chi connectivity index (χ1v) is 6.67. The van der Waals surface area contributed by atoms with E-state index in [1.807, 2.05) is 0 Å². The summed E-state index contributed by atoms with van der Waals surface area (Å²) >= 11 is 0. The van der Waals surface area contributed by atoms with Gasteiger partial charge in [0.2, 0.25) is 11.8 Å². The number of hydrogen-bond acceptors (Lipinski definition) is 3. The molecule has 0 spiro atoms. The third-order valence-corrected chi connectivity index (χ3v) is 3.69. The predicted molar refractivity (Wildman–Crippen MR) is 72.4 cm³/mol. The lowest BCUT2D eigenvalue weighted by Gasteiger charge is -2.30. The van der Waals surface area contributed by atoms with Crippen LogP contribution in [0.5, 0.6) is 0 Å². The van der Waals surface area contributed by atoms with Crippen LogP contribution in [0, 0.1) is 11.8 Å². The molecule has 1 saturated carbocycles. The highest BCUT2D eigenvalue weighted by molar-refractivity contribution is 5.90. The normalized spacial score (nSPS) is 23.1. The fourth-order valence-electron chi connectivity index (χ4n) is 2.54. The number of nitrogens with zero attached hydrogens (tertiary/aromatic N) is 1. The van der Waals surface area contributed by atoms with E-state index in [1.54, 1.807) is 19.0 Å². The van der Waals surface area contributed by atoms with E-state index in [2.05, 4.69) is 5.32 Å². The van der Waals surface area contributed by atoms with Crippen LogP contribution < -0.4 is 5.32 Å². The van der Waals surface area contributed by atoms with Gasteiger partial charge in [0, 0.05) is 32.6 Å². The monoisotopic (exact) mass is 266 g/mol. The largest absolute Gasteiger partial charge is 0.359 e. The van der Waals surface area contributed by atoms with Gasteiger partial charge in [-0.1, -0.05) is 0 Å². The van der Waals surface area contributed by atoms with Crippen LogP contribution in [-0.2, 0) is 14.4 Å². The van der Waals surface area contributed by atoms with Gasteiger partial charge in [0.05, 0.1) is 0 Å². The number of rotatable bonds is 5. The molecule has 2 amide bonds. The number of hydrogen-bond donors (Lipinski definition) is 1. The van der Waals surface area contributed by atoms with Crippen LogP contribution in [-0.4, -0.2) is 43.6 Å². The van der Waals surface area contributed by atoms with Crippen molar-refractivity contribution in [3.05, 3.63) is 12.2 Å². The number of likely N-dealkylation sites (N-methyl/N-ethyl adjacent to an activating group) is 1. The molecule has 19 heavy (non-hydrogen) atoms. The molecule has 0 aromatic heterocycles. The Balaban J connectivity index is 2.36. The zero-order chi connectivity index (χ0) is 14.3. The van der Waals surface area contributed by atoms with E-state index in [-0.39, 0.29) is 17.7 Å². The lowest BCUT2D eigenvalue weighted by molar-refractivity contribution is -0.127. The maximum Gasteiger partial charge on any atom is 0.246 e. The Morgan fingerprint density at radius 1 is 1.26 bits per heavy atom. The van der Waals surface area contributed by atoms with Crippen LogP contribution in [0.25, 0.3) is 0 Å². The van der Waals surface area contributed by atoms with Crippen molar-refractivity contribution in [3.8, 4) is 0 Å². The quantitative estimate of drug-likeness (QED) is 0.590. The highest BCUT2D eigenvalue weighted by Crippen LogP contribution is 2.29. The molecule has 1 fully saturated rings. The van der Waals surface area contributed by atoms with E-state index in [0.717, 1.165) is 25.7 Å². The van der Waals surface area contributed by atoms with Gasteiger partial charge in [-0.3, -0.25) is 14.4 Å². The SMILES string of the molecule is CNC(=O)C1CCC(CN(C)C(=O)/C=C\C=O)CC1. The number of aldehydes is 1. The highest BCUT2D eigenvalue weighted by atomic mass is 16.2. The molecular weight excluding hydrogens is 244 g/mol. The molecule has 1 aliphatic rings. The Morgan fingerprint density at radius 2 is 1.89 bits per heavy atom. The minimum absolute atomic E-state index is 0.122. The summed E-state index contributed by atoms with van der Waals surface area (Å²) < 4.78 is 0. The summed E-state index contributed by atoms with van der Waals surface area (Å²) in [7, 11) is 3.41. The van der Waals surface area contributed by atoms with Crippen LogP contribution in [0.4, 0.5) is 0 Å². The topological polar surface area (TPSA) is 66.5 Å². The minimum atomic E-state index is -0.152. The van der Waals surface area contributed by atoms with Crippen molar-refractivity contribution in [1.29, 1.82) is 0 Å². The van der Waals surface area contributed by atoms with Crippen molar-refractivity contribution in [1.82, 2.24) is 10.2 Å². The first kappa shape index (κ1) is 15.4. The number of carbonyl (C=O) groups excluding carboxylic acids is 3. The number of carbonyl (C=O) groups is 3. The van der Waals surface area contributed by atoms with Crippen LogP contribution in [0.15, 0.2) is 12.2 Å². The van der Waals surface area contributed by atoms with E-state index in [4.69, 9.17) is 0 Å². The molecule has 1 aliphatic carbocycles. The molecule has 0 atom stereocenters. The van der Waals surface area contributed by atoms with Gasteiger partial charge >= 0.3 is 0 Å². The summed E-state index contributed by atoms with van der Waals surface area (Å²) in [6, 6.07) is 0. The van der Waals surface area contributed by atoms with Gasteiger partial charge in [0.15, 0.2) is 0 Å². The van der Waals surface area contributed by atoms with Gasteiger partial charge in [-0.25, -0.2) is 0 Å². The van der Waals surface area contributed by atoms with Crippen molar-refractivity contribution in [2.24, 2.45) is 11.8 Å². The summed E-state index contributed by atoms with van der Waals surface area (Å²) in [5, 5.41) is 2.69. The first-order chi connectivity index (χ1) is 9.08. The second-order valence-electron chi connectivity index (χ2n) is 5.05. The molecule has 0 saturated heterocycles. The Hall–Kier alpha value is -1.65. The molecule has 0 heterocycles. The molecule has 0 aromatic rings. The van der Waals surface area contributed by atoms with Crippen molar-refractivity contribution < 1.29 is 14.4 Å². The van der Waals surface area contributed by atoms with Crippen molar-refractivity contribution in [2.75, 3.05) is 20.6 Å². The van der Waals surface area contributed by atoms with E-state index in [1.165, 1.54) is 12.2 Å². The summed E-state index contributed by atoms with van der Waals surface area (Å²) in [5.41, 5.74) is 0. The lowest BCUT2D eigenvalue weighted by atomic mass is 9.81. The highest BCUT2D eigenvalue weighted by Gasteiger charge is 2.26. The summed E-state index contributed by atoms with van der Waals surface area (Å²) in [4.78, 5) is 34.9. The number of nitrogens with one attached hydrogen (secondary N) is 1. The van der Waals surface area contributed by atoms with Crippen LogP contribution in [0.1, 0.15) is 25.7 Å². The van der Waals surface area contributed by atoms with Crippen LogP contribution in [0.3, 0.4) is 0 Å². The fourth-order valence-corrected chi connectivity index (χ4v) is 2.54. The molecule has 0 radical (unpaired) electrons. The van der Waals surface area contributed by atoms with Crippen molar-refractivity contribution >= 4 is 18.1 Å². The molecule has 0 aliphatic heterocycles. The summed E-state index contributed by atoms with van der Waals surface area (Å²) in [5.74, 6) is 0.536. The fraction of sp³-hybridized carbons (Fsp3) is 0.643. The third-order valence-electron chi connectivity index (χ3n) is 3.69. The van der Waals surface area contributed by atoms with Crippen molar-refractivity contribution in [2.45, 2.75) is 25.7 Å². The number of allylic oxidation sites excluding steroid dienone is 1. The first-order valence-electron chi connectivity index (χ1n) is 6.67. The molecule has 1 rings (SSSR count). The lowest BCUT2D eigenvalue weighted by Crippen LogP contribution is -2.35. The van der Waals surface area contributed by atoms with Gasteiger partial charge in [-0.05, 0) is 37.7 Å². The second kappa shape index (κ2) is 7.71. The van der Waals surface area contributed by atoms with E-state index >= 15 is 0 Å². The summed E-state index contributed by atoms with van der Waals surface area (Å²) in [6.45, 7) is 0.683. The van der Waals surface area contributed by atoms with Gasteiger partial charge in [0.1, 0.15) is 6.29 Å². The standard InChI is InChI=1S/C14H22N2O3/c1-15-14(19)12-7-5-11(6-8-12)10-16(2)13(18)4-3-9-17/h3-4,9,11-12H,5-8,10H2,1-2H3,(H,15,19)/b4-3-.